The second-order valence-corrected chi connectivity index (χ2v) is 6.48. The molecule has 9 nitrogen and oxygen atoms in total. The minimum Gasteiger partial charge on any atom is -0.370 e. The first kappa shape index (κ1) is 21.6. The van der Waals surface area contributed by atoms with Gasteiger partial charge in [0.15, 0.2) is 5.78 Å². The van der Waals surface area contributed by atoms with Crippen LogP contribution in [0.1, 0.15) is 43.6 Å². The van der Waals surface area contributed by atoms with Crippen molar-refractivity contribution in [3.05, 3.63) is 18.0 Å². The molecule has 0 aliphatic rings. The molecule has 144 valence electrons. The third-order valence-electron chi connectivity index (χ3n) is 3.52. The number of hydrogen-bond donors (Lipinski definition) is 2. The number of alkyl halides is 1. The van der Waals surface area contributed by atoms with Crippen molar-refractivity contribution in [3.63, 3.8) is 0 Å². The fraction of sp³-hybridized carbons (Fsp3) is 0.562. The normalized spacial score (nSPS) is 11.8. The molecule has 1 rings (SSSR count). The second kappa shape index (κ2) is 10.5. The minimum absolute atomic E-state index is 0.0880. The molecule has 0 saturated carbocycles. The van der Waals surface area contributed by atoms with Gasteiger partial charge in [-0.2, -0.15) is 0 Å². The van der Waals surface area contributed by atoms with E-state index in [2.05, 4.69) is 15.1 Å². The van der Waals surface area contributed by atoms with Crippen molar-refractivity contribution in [3.8, 4) is 0 Å². The Hall–Kier alpha value is -2.42. The van der Waals surface area contributed by atoms with Crippen LogP contribution in [-0.2, 0) is 14.4 Å². The highest BCUT2D eigenvalue weighted by Gasteiger charge is 2.27. The van der Waals surface area contributed by atoms with Crippen molar-refractivity contribution in [1.29, 1.82) is 0 Å². The number of amides is 3. The topological polar surface area (TPSA) is 136 Å². The number of carbonyl (C=O) groups is 4. The predicted molar refractivity (Wildman–Crippen MR) is 92.8 cm³/mol. The maximum atomic E-state index is 12.6. The summed E-state index contributed by atoms with van der Waals surface area (Å²) in [6.07, 6.45) is 1.48. The molecule has 0 unspecified atom stereocenters. The first-order valence-electron chi connectivity index (χ1n) is 8.13. The van der Waals surface area contributed by atoms with Crippen LogP contribution in [0, 0.1) is 11.8 Å². The van der Waals surface area contributed by atoms with Gasteiger partial charge in [0, 0.05) is 24.8 Å². The van der Waals surface area contributed by atoms with E-state index < -0.39 is 23.6 Å². The van der Waals surface area contributed by atoms with Gasteiger partial charge in [-0.25, -0.2) is 0 Å². The van der Waals surface area contributed by atoms with Crippen LogP contribution < -0.4 is 11.2 Å². The Bertz CT molecular complexity index is 633. The maximum absolute atomic E-state index is 12.6. The molecule has 0 fully saturated rings. The molecule has 0 aromatic carbocycles. The maximum Gasteiger partial charge on any atom is 0.255 e. The van der Waals surface area contributed by atoms with Gasteiger partial charge in [-0.3, -0.25) is 29.6 Å². The van der Waals surface area contributed by atoms with Crippen LogP contribution in [0.3, 0.4) is 0 Å². The molecule has 26 heavy (non-hydrogen) atoms. The first-order valence-corrected chi connectivity index (χ1v) is 8.66. The van der Waals surface area contributed by atoms with Crippen LogP contribution in [0.2, 0.25) is 0 Å². The molecule has 0 bridgehead atoms. The summed E-state index contributed by atoms with van der Waals surface area (Å²) in [4.78, 5) is 47.6. The van der Waals surface area contributed by atoms with E-state index in [-0.39, 0.29) is 42.7 Å². The number of Topliss-reactive ketones (excluding diaryl/α,β-unsaturated/α-hetero) is 1. The van der Waals surface area contributed by atoms with Crippen molar-refractivity contribution in [2.45, 2.75) is 33.1 Å². The average Bonchev–Trinajstić information content (AvgIpc) is 3.11. The highest BCUT2D eigenvalue weighted by molar-refractivity contribution is 6.27. The van der Waals surface area contributed by atoms with Crippen LogP contribution in [0.15, 0.2) is 16.9 Å². The van der Waals surface area contributed by atoms with Gasteiger partial charge >= 0.3 is 0 Å². The number of aromatic nitrogens is 1. The smallest absolute Gasteiger partial charge is 0.255 e. The molecular weight excluding hydrogens is 364 g/mol. The summed E-state index contributed by atoms with van der Waals surface area (Å²) >= 11 is 5.53. The number of nitrogens with zero attached hydrogens (tertiary/aromatic N) is 2. The van der Waals surface area contributed by atoms with E-state index in [1.807, 2.05) is 13.8 Å². The van der Waals surface area contributed by atoms with Gasteiger partial charge in [0.1, 0.15) is 17.8 Å². The Morgan fingerprint density at radius 3 is 2.54 bits per heavy atom. The highest BCUT2D eigenvalue weighted by Crippen LogP contribution is 2.18. The zero-order valence-corrected chi connectivity index (χ0v) is 15.5. The summed E-state index contributed by atoms with van der Waals surface area (Å²) in [5.41, 5.74) is 7.64. The number of rotatable bonds is 10. The van der Waals surface area contributed by atoms with Crippen LogP contribution >= 0.6 is 11.6 Å². The van der Waals surface area contributed by atoms with Crippen LogP contribution in [-0.4, -0.2) is 46.1 Å². The molecule has 0 saturated heterocycles. The molecule has 0 spiro atoms. The number of hydrogen-bond acceptors (Lipinski definition) is 6. The lowest BCUT2D eigenvalue weighted by molar-refractivity contribution is -0.142. The van der Waals surface area contributed by atoms with Gasteiger partial charge in [0.2, 0.25) is 11.8 Å². The Labute approximate surface area is 156 Å². The molecule has 1 heterocycles. The lowest BCUT2D eigenvalue weighted by Gasteiger charge is -2.25. The van der Waals surface area contributed by atoms with Crippen molar-refractivity contribution in [1.82, 2.24) is 15.6 Å². The molecule has 0 aliphatic heterocycles. The Kier molecular flexibility index (Phi) is 8.77. The lowest BCUT2D eigenvalue weighted by Crippen LogP contribution is -2.50. The number of nitrogens with two attached hydrogens (primary N) is 1. The quantitative estimate of drug-likeness (QED) is 0.348. The fourth-order valence-electron chi connectivity index (χ4n) is 2.30. The Morgan fingerprint density at radius 1 is 1.35 bits per heavy atom. The van der Waals surface area contributed by atoms with Crippen molar-refractivity contribution < 1.29 is 23.7 Å². The van der Waals surface area contributed by atoms with Crippen LogP contribution in [0.25, 0.3) is 0 Å². The van der Waals surface area contributed by atoms with E-state index >= 15 is 0 Å². The average molecular weight is 387 g/mol. The fourth-order valence-corrected chi connectivity index (χ4v) is 2.44. The van der Waals surface area contributed by atoms with E-state index in [1.54, 1.807) is 0 Å². The standard InChI is InChI=1S/C16H23ClN4O5/c1-10(2)7-11(8-13(22)12-4-6-26-20-12)16(25)19-21(15(24)9-17)5-3-14(18)23/h4,6,10-11H,3,5,7-9H2,1-2H3,(H2,18,23)(H,19,25)/t11-/m1/s1. The van der Waals surface area contributed by atoms with Gasteiger partial charge in [0.25, 0.3) is 5.91 Å². The van der Waals surface area contributed by atoms with E-state index in [4.69, 9.17) is 17.3 Å². The van der Waals surface area contributed by atoms with Gasteiger partial charge in [0.05, 0.1) is 6.54 Å². The summed E-state index contributed by atoms with van der Waals surface area (Å²) in [6, 6.07) is 1.42. The zero-order valence-electron chi connectivity index (χ0n) is 14.7. The monoisotopic (exact) mass is 386 g/mol. The highest BCUT2D eigenvalue weighted by atomic mass is 35.5. The lowest BCUT2D eigenvalue weighted by atomic mass is 9.91. The molecule has 1 aromatic heterocycles. The largest absolute Gasteiger partial charge is 0.370 e. The van der Waals surface area contributed by atoms with E-state index in [1.165, 1.54) is 12.3 Å². The van der Waals surface area contributed by atoms with Gasteiger partial charge in [-0.15, -0.1) is 11.6 Å². The molecule has 0 radical (unpaired) electrons. The summed E-state index contributed by atoms with van der Waals surface area (Å²) in [7, 11) is 0. The second-order valence-electron chi connectivity index (χ2n) is 6.21. The molecular formula is C16H23ClN4O5. The molecule has 3 amide bonds. The number of hydrazine groups is 1. The summed E-state index contributed by atoms with van der Waals surface area (Å²) < 4.78 is 4.64. The zero-order chi connectivity index (χ0) is 19.7. The van der Waals surface area contributed by atoms with Crippen molar-refractivity contribution >= 4 is 35.1 Å². The first-order chi connectivity index (χ1) is 12.2. The number of carbonyl (C=O) groups excluding carboxylic acids is 4. The molecule has 10 heteroatoms. The van der Waals surface area contributed by atoms with Gasteiger partial charge in [-0.1, -0.05) is 19.0 Å². The molecule has 3 N–H and O–H groups in total. The van der Waals surface area contributed by atoms with Crippen LogP contribution in [0.4, 0.5) is 0 Å². The van der Waals surface area contributed by atoms with Crippen LogP contribution in [0.5, 0.6) is 0 Å². The van der Waals surface area contributed by atoms with Gasteiger partial charge < -0.3 is 10.3 Å². The summed E-state index contributed by atoms with van der Waals surface area (Å²) in [6.45, 7) is 3.73. The molecule has 1 atom stereocenters. The minimum atomic E-state index is -0.682. The third-order valence-corrected chi connectivity index (χ3v) is 3.75. The number of nitrogens with one attached hydrogen (secondary N) is 1. The number of ketones is 1. The van der Waals surface area contributed by atoms with E-state index in [0.29, 0.717) is 6.42 Å². The third kappa shape index (κ3) is 7.22. The van der Waals surface area contributed by atoms with E-state index in [9.17, 15) is 19.2 Å². The molecule has 0 aliphatic carbocycles. The Balaban J connectivity index is 2.83. The van der Waals surface area contributed by atoms with Gasteiger partial charge in [-0.05, 0) is 12.3 Å². The molecule has 1 aromatic rings. The number of primary amides is 1. The predicted octanol–water partition coefficient (Wildman–Crippen LogP) is 0.884. The summed E-state index contributed by atoms with van der Waals surface area (Å²) in [5, 5.41) is 4.52. The Morgan fingerprint density at radius 2 is 2.04 bits per heavy atom. The summed E-state index contributed by atoms with van der Waals surface area (Å²) in [5.74, 6) is -2.97. The SMILES string of the molecule is CC(C)C[C@H](CC(=O)c1ccon1)C(=O)NN(CCC(N)=O)C(=O)CCl. The van der Waals surface area contributed by atoms with Crippen molar-refractivity contribution in [2.24, 2.45) is 17.6 Å². The van der Waals surface area contributed by atoms with Crippen molar-refractivity contribution in [2.75, 3.05) is 12.4 Å². The number of halogens is 1. The van der Waals surface area contributed by atoms with E-state index in [0.717, 1.165) is 5.01 Å².